The highest BCUT2D eigenvalue weighted by Gasteiger charge is 2.39. The lowest BCUT2D eigenvalue weighted by Gasteiger charge is -2.34. The summed E-state index contributed by atoms with van der Waals surface area (Å²) in [5.41, 5.74) is 5.47. The number of nitrogens with two attached hydrogens (primary N) is 1. The largest absolute Gasteiger partial charge is 0.464 e. The molecule has 0 saturated heterocycles. The lowest BCUT2D eigenvalue weighted by Crippen LogP contribution is -2.51. The SMILES string of the molecule is CCC1CCC(N)(C(=O)OCCc2cccs2)CC1. The molecular formula is C15H23NO2S. The molecule has 0 spiro atoms. The van der Waals surface area contributed by atoms with Gasteiger partial charge in [0.1, 0.15) is 5.54 Å². The van der Waals surface area contributed by atoms with Crippen LogP contribution in [0.5, 0.6) is 0 Å². The summed E-state index contributed by atoms with van der Waals surface area (Å²) in [6, 6.07) is 4.07. The van der Waals surface area contributed by atoms with Crippen LogP contribution in [0.4, 0.5) is 0 Å². The van der Waals surface area contributed by atoms with E-state index in [0.29, 0.717) is 6.61 Å². The van der Waals surface area contributed by atoms with E-state index in [4.69, 9.17) is 10.5 Å². The van der Waals surface area contributed by atoms with Crippen LogP contribution in [-0.4, -0.2) is 18.1 Å². The summed E-state index contributed by atoms with van der Waals surface area (Å²) in [5, 5.41) is 2.04. The Kier molecular flexibility index (Phi) is 4.99. The molecule has 2 rings (SSSR count). The van der Waals surface area contributed by atoms with Crippen LogP contribution < -0.4 is 5.73 Å². The Morgan fingerprint density at radius 1 is 1.53 bits per heavy atom. The minimum atomic E-state index is -0.735. The first-order chi connectivity index (χ1) is 9.14. The van der Waals surface area contributed by atoms with Crippen LogP contribution in [0, 0.1) is 5.92 Å². The molecule has 0 aromatic carbocycles. The molecule has 4 heteroatoms. The first-order valence-corrected chi connectivity index (χ1v) is 8.00. The highest BCUT2D eigenvalue weighted by atomic mass is 32.1. The minimum absolute atomic E-state index is 0.210. The molecule has 0 bridgehead atoms. The van der Waals surface area contributed by atoms with Crippen LogP contribution in [0.2, 0.25) is 0 Å². The molecule has 1 heterocycles. The van der Waals surface area contributed by atoms with Gasteiger partial charge in [0.05, 0.1) is 6.61 Å². The highest BCUT2D eigenvalue weighted by Crippen LogP contribution is 2.32. The average Bonchev–Trinajstić information content (AvgIpc) is 2.93. The molecule has 0 aliphatic heterocycles. The van der Waals surface area contributed by atoms with E-state index in [2.05, 4.69) is 13.0 Å². The van der Waals surface area contributed by atoms with Gasteiger partial charge in [-0.2, -0.15) is 0 Å². The Morgan fingerprint density at radius 2 is 2.26 bits per heavy atom. The molecule has 1 aromatic heterocycles. The molecule has 1 fully saturated rings. The zero-order valence-electron chi connectivity index (χ0n) is 11.6. The number of esters is 1. The fourth-order valence-electron chi connectivity index (χ4n) is 2.65. The predicted molar refractivity (Wildman–Crippen MR) is 78.1 cm³/mol. The van der Waals surface area contributed by atoms with Crippen molar-refractivity contribution in [2.24, 2.45) is 11.7 Å². The van der Waals surface area contributed by atoms with E-state index < -0.39 is 5.54 Å². The van der Waals surface area contributed by atoms with Gasteiger partial charge in [-0.25, -0.2) is 0 Å². The molecule has 2 N–H and O–H groups in total. The molecule has 1 aromatic rings. The maximum absolute atomic E-state index is 12.1. The summed E-state index contributed by atoms with van der Waals surface area (Å²) < 4.78 is 5.37. The molecule has 19 heavy (non-hydrogen) atoms. The van der Waals surface area contributed by atoms with E-state index >= 15 is 0 Å². The van der Waals surface area contributed by atoms with E-state index in [9.17, 15) is 4.79 Å². The third-order valence-corrected chi connectivity index (χ3v) is 5.08. The van der Waals surface area contributed by atoms with Crippen LogP contribution in [-0.2, 0) is 16.0 Å². The Balaban J connectivity index is 1.76. The summed E-state index contributed by atoms with van der Waals surface area (Å²) in [6.45, 7) is 2.64. The van der Waals surface area contributed by atoms with E-state index in [1.54, 1.807) is 11.3 Å². The molecule has 0 atom stereocenters. The van der Waals surface area contributed by atoms with Crippen molar-refractivity contribution >= 4 is 17.3 Å². The molecule has 1 aliphatic rings. The monoisotopic (exact) mass is 281 g/mol. The maximum atomic E-state index is 12.1. The van der Waals surface area contributed by atoms with Gasteiger partial charge in [-0.1, -0.05) is 19.4 Å². The smallest absolute Gasteiger partial charge is 0.326 e. The van der Waals surface area contributed by atoms with Gasteiger partial charge in [-0.3, -0.25) is 4.79 Å². The van der Waals surface area contributed by atoms with Gasteiger partial charge < -0.3 is 10.5 Å². The number of carbonyl (C=O) groups is 1. The molecule has 1 aliphatic carbocycles. The van der Waals surface area contributed by atoms with Gasteiger partial charge in [-0.15, -0.1) is 11.3 Å². The van der Waals surface area contributed by atoms with Gasteiger partial charge >= 0.3 is 5.97 Å². The van der Waals surface area contributed by atoms with Crippen molar-refractivity contribution in [3.63, 3.8) is 0 Å². The second-order valence-corrected chi connectivity index (χ2v) is 6.51. The maximum Gasteiger partial charge on any atom is 0.326 e. The molecule has 3 nitrogen and oxygen atoms in total. The number of hydrogen-bond acceptors (Lipinski definition) is 4. The van der Waals surface area contributed by atoms with Crippen LogP contribution in [0.3, 0.4) is 0 Å². The fourth-order valence-corrected chi connectivity index (χ4v) is 3.34. The van der Waals surface area contributed by atoms with Crippen LogP contribution in [0.1, 0.15) is 43.9 Å². The zero-order chi connectivity index (χ0) is 13.7. The summed E-state index contributed by atoms with van der Waals surface area (Å²) in [6.07, 6.45) is 5.60. The number of carbonyl (C=O) groups excluding carboxylic acids is 1. The van der Waals surface area contributed by atoms with Gasteiger partial charge in [-0.05, 0) is 43.0 Å². The number of rotatable bonds is 5. The number of hydrogen-bond donors (Lipinski definition) is 1. The average molecular weight is 281 g/mol. The first-order valence-electron chi connectivity index (χ1n) is 7.12. The summed E-state index contributed by atoms with van der Waals surface area (Å²) in [4.78, 5) is 13.3. The van der Waals surface area contributed by atoms with Gasteiger partial charge in [0.25, 0.3) is 0 Å². The zero-order valence-corrected chi connectivity index (χ0v) is 12.4. The Morgan fingerprint density at radius 3 is 2.84 bits per heavy atom. The Bertz CT molecular complexity index is 394. The highest BCUT2D eigenvalue weighted by molar-refractivity contribution is 7.09. The van der Waals surface area contributed by atoms with Gasteiger partial charge in [0, 0.05) is 11.3 Å². The van der Waals surface area contributed by atoms with E-state index in [1.165, 1.54) is 11.3 Å². The van der Waals surface area contributed by atoms with Crippen molar-refractivity contribution in [2.75, 3.05) is 6.61 Å². The van der Waals surface area contributed by atoms with E-state index in [1.807, 2.05) is 11.4 Å². The molecule has 0 unspecified atom stereocenters. The van der Waals surface area contributed by atoms with Crippen LogP contribution in [0.25, 0.3) is 0 Å². The normalized spacial score (nSPS) is 27.2. The van der Waals surface area contributed by atoms with Crippen LogP contribution in [0.15, 0.2) is 17.5 Å². The first kappa shape index (κ1) is 14.5. The molecular weight excluding hydrogens is 258 g/mol. The van der Waals surface area contributed by atoms with Crippen molar-refractivity contribution in [3.8, 4) is 0 Å². The van der Waals surface area contributed by atoms with Crippen molar-refractivity contribution < 1.29 is 9.53 Å². The lowest BCUT2D eigenvalue weighted by molar-refractivity contribution is -0.151. The summed E-state index contributed by atoms with van der Waals surface area (Å²) in [7, 11) is 0. The van der Waals surface area contributed by atoms with E-state index in [0.717, 1.165) is 38.0 Å². The van der Waals surface area contributed by atoms with Crippen molar-refractivity contribution in [1.29, 1.82) is 0 Å². The standard InChI is InChI=1S/C15H23NO2S/c1-2-12-5-8-15(16,9-6-12)14(17)18-10-7-13-4-3-11-19-13/h3-4,11-12H,2,5-10,16H2,1H3. The fraction of sp³-hybridized carbons (Fsp3) is 0.667. The number of thiophene rings is 1. The third-order valence-electron chi connectivity index (χ3n) is 4.14. The second-order valence-electron chi connectivity index (χ2n) is 5.47. The molecule has 106 valence electrons. The quantitative estimate of drug-likeness (QED) is 0.844. The molecule has 0 radical (unpaired) electrons. The second kappa shape index (κ2) is 6.53. The van der Waals surface area contributed by atoms with Gasteiger partial charge in [0.2, 0.25) is 0 Å². The topological polar surface area (TPSA) is 52.3 Å². The summed E-state index contributed by atoms with van der Waals surface area (Å²) in [5.74, 6) is 0.522. The molecule has 0 amide bonds. The van der Waals surface area contributed by atoms with Gasteiger partial charge in [0.15, 0.2) is 0 Å². The van der Waals surface area contributed by atoms with Crippen LogP contribution >= 0.6 is 11.3 Å². The minimum Gasteiger partial charge on any atom is -0.464 e. The lowest BCUT2D eigenvalue weighted by atomic mass is 9.76. The summed E-state index contributed by atoms with van der Waals surface area (Å²) >= 11 is 1.69. The third kappa shape index (κ3) is 3.80. The molecule has 1 saturated carbocycles. The van der Waals surface area contributed by atoms with Crippen molar-refractivity contribution in [2.45, 2.75) is 51.0 Å². The Hall–Kier alpha value is -0.870. The van der Waals surface area contributed by atoms with Crippen molar-refractivity contribution in [1.82, 2.24) is 0 Å². The van der Waals surface area contributed by atoms with Crippen molar-refractivity contribution in [3.05, 3.63) is 22.4 Å². The Labute approximate surface area is 119 Å². The number of ether oxygens (including phenoxy) is 1. The predicted octanol–water partition coefficient (Wildman–Crippen LogP) is 3.13. The van der Waals surface area contributed by atoms with E-state index in [-0.39, 0.29) is 5.97 Å².